The zero-order valence-electron chi connectivity index (χ0n) is 11.8. The molecule has 0 aliphatic rings. The molecule has 0 atom stereocenters. The lowest BCUT2D eigenvalue weighted by Gasteiger charge is -2.14. The van der Waals surface area contributed by atoms with Crippen LogP contribution in [0.4, 0.5) is 0 Å². The number of nitriles is 1. The van der Waals surface area contributed by atoms with Crippen LogP contribution in [-0.2, 0) is 6.54 Å². The Labute approximate surface area is 105 Å². The summed E-state index contributed by atoms with van der Waals surface area (Å²) in [6, 6.07) is 2.36. The first-order valence-electron chi connectivity index (χ1n) is 6.41. The third-order valence-corrected chi connectivity index (χ3v) is 3.67. The van der Waals surface area contributed by atoms with Gasteiger partial charge in [0, 0.05) is 18.4 Å². The van der Waals surface area contributed by atoms with Gasteiger partial charge in [-0.2, -0.15) is 5.26 Å². The smallest absolute Gasteiger partial charge is 0.0683 e. The fourth-order valence-corrected chi connectivity index (χ4v) is 2.07. The Kier molecular flexibility index (Phi) is 4.40. The Balaban J connectivity index is 2.42. The van der Waals surface area contributed by atoms with Crippen LogP contribution in [0.2, 0.25) is 0 Å². The summed E-state index contributed by atoms with van der Waals surface area (Å²) in [6.45, 7) is 11.6. The van der Waals surface area contributed by atoms with Crippen molar-refractivity contribution >= 4 is 0 Å². The second-order valence-electron chi connectivity index (χ2n) is 5.67. The summed E-state index contributed by atoms with van der Waals surface area (Å²) in [5, 5.41) is 8.94. The minimum absolute atomic E-state index is 0.169. The van der Waals surface area contributed by atoms with Gasteiger partial charge in [0.1, 0.15) is 0 Å². The lowest BCUT2D eigenvalue weighted by atomic mass is 9.89. The Bertz CT molecular complexity index is 419. The molecule has 0 fully saturated rings. The van der Waals surface area contributed by atoms with Crippen molar-refractivity contribution in [3.8, 4) is 6.07 Å². The largest absolute Gasteiger partial charge is 0.351 e. The third-order valence-electron chi connectivity index (χ3n) is 3.67. The van der Waals surface area contributed by atoms with E-state index in [1.165, 1.54) is 16.8 Å². The summed E-state index contributed by atoms with van der Waals surface area (Å²) in [4.78, 5) is 0. The molecule has 1 heterocycles. The summed E-state index contributed by atoms with van der Waals surface area (Å²) in [5.41, 5.74) is 3.99. The van der Waals surface area contributed by atoms with E-state index in [4.69, 9.17) is 5.26 Å². The van der Waals surface area contributed by atoms with Crippen molar-refractivity contribution in [2.45, 2.75) is 60.4 Å². The van der Waals surface area contributed by atoms with Crippen molar-refractivity contribution < 1.29 is 0 Å². The van der Waals surface area contributed by atoms with Crippen LogP contribution in [0.3, 0.4) is 0 Å². The molecule has 0 unspecified atom stereocenters. The first-order chi connectivity index (χ1) is 7.87. The highest BCUT2D eigenvalue weighted by atomic mass is 15.0. The topological polar surface area (TPSA) is 28.7 Å². The van der Waals surface area contributed by atoms with Gasteiger partial charge in [-0.25, -0.2) is 0 Å². The van der Waals surface area contributed by atoms with Crippen molar-refractivity contribution in [1.29, 1.82) is 5.26 Å². The maximum absolute atomic E-state index is 8.94. The molecule has 0 aromatic carbocycles. The van der Waals surface area contributed by atoms with Crippen LogP contribution in [0.15, 0.2) is 6.20 Å². The van der Waals surface area contributed by atoms with Gasteiger partial charge >= 0.3 is 0 Å². The van der Waals surface area contributed by atoms with Gasteiger partial charge in [-0.15, -0.1) is 0 Å². The van der Waals surface area contributed by atoms with Crippen LogP contribution in [0, 0.1) is 37.5 Å². The van der Waals surface area contributed by atoms with Crippen LogP contribution >= 0.6 is 0 Å². The van der Waals surface area contributed by atoms with Gasteiger partial charge in [-0.3, -0.25) is 0 Å². The number of rotatable bonds is 5. The van der Waals surface area contributed by atoms with Crippen LogP contribution in [0.1, 0.15) is 49.9 Å². The molecule has 1 aromatic heterocycles. The molecule has 0 N–H and O–H groups in total. The average Bonchev–Trinajstić information content (AvgIpc) is 2.52. The van der Waals surface area contributed by atoms with Crippen molar-refractivity contribution in [2.75, 3.05) is 0 Å². The Morgan fingerprint density at radius 1 is 1.24 bits per heavy atom. The van der Waals surface area contributed by atoms with E-state index in [-0.39, 0.29) is 5.41 Å². The standard InChI is InChI=1S/C15H24N2/c1-12-10-17(14(3)13(12)2)9-7-6-8-15(4,5)11-16/h10H,6-9H2,1-5H3. The molecule has 0 radical (unpaired) electrons. The SMILES string of the molecule is Cc1cn(CCCCC(C)(C)C#N)c(C)c1C. The number of hydrogen-bond acceptors (Lipinski definition) is 1. The van der Waals surface area contributed by atoms with Crippen LogP contribution in [0.25, 0.3) is 0 Å². The van der Waals surface area contributed by atoms with Gasteiger partial charge in [0.15, 0.2) is 0 Å². The molecule has 94 valence electrons. The molecule has 2 nitrogen and oxygen atoms in total. The number of aromatic nitrogens is 1. The van der Waals surface area contributed by atoms with Crippen LogP contribution < -0.4 is 0 Å². The van der Waals surface area contributed by atoms with Crippen molar-refractivity contribution in [3.63, 3.8) is 0 Å². The minimum Gasteiger partial charge on any atom is -0.351 e. The van der Waals surface area contributed by atoms with E-state index in [9.17, 15) is 0 Å². The van der Waals surface area contributed by atoms with E-state index in [2.05, 4.69) is 37.6 Å². The van der Waals surface area contributed by atoms with E-state index in [1.807, 2.05) is 13.8 Å². The molecule has 0 spiro atoms. The first kappa shape index (κ1) is 13.8. The number of unbranched alkanes of at least 4 members (excludes halogenated alkanes) is 1. The fraction of sp³-hybridized carbons (Fsp3) is 0.667. The molecule has 0 saturated carbocycles. The Hall–Kier alpha value is -1.23. The summed E-state index contributed by atoms with van der Waals surface area (Å²) in [6.07, 6.45) is 5.50. The van der Waals surface area contributed by atoms with Gasteiger partial charge in [0.05, 0.1) is 11.5 Å². The Morgan fingerprint density at radius 2 is 1.88 bits per heavy atom. The van der Waals surface area contributed by atoms with Crippen molar-refractivity contribution in [3.05, 3.63) is 23.0 Å². The normalized spacial score (nSPS) is 11.5. The van der Waals surface area contributed by atoms with Crippen molar-refractivity contribution in [1.82, 2.24) is 4.57 Å². The van der Waals surface area contributed by atoms with Crippen LogP contribution in [-0.4, -0.2) is 4.57 Å². The molecule has 0 aliphatic heterocycles. The Morgan fingerprint density at radius 3 is 2.35 bits per heavy atom. The highest BCUT2D eigenvalue weighted by Gasteiger charge is 2.15. The number of aryl methyl sites for hydroxylation is 2. The lowest BCUT2D eigenvalue weighted by Crippen LogP contribution is -2.08. The maximum atomic E-state index is 8.94. The predicted octanol–water partition coefficient (Wildman–Crippen LogP) is 4.13. The predicted molar refractivity (Wildman–Crippen MR) is 71.9 cm³/mol. The zero-order chi connectivity index (χ0) is 13.1. The van der Waals surface area contributed by atoms with E-state index < -0.39 is 0 Å². The minimum atomic E-state index is -0.169. The number of nitrogens with zero attached hydrogens (tertiary/aromatic N) is 2. The van der Waals surface area contributed by atoms with E-state index in [0.717, 1.165) is 25.8 Å². The van der Waals surface area contributed by atoms with Crippen LogP contribution in [0.5, 0.6) is 0 Å². The second kappa shape index (κ2) is 5.40. The molecule has 0 amide bonds. The van der Waals surface area contributed by atoms with Gasteiger partial charge in [0.2, 0.25) is 0 Å². The summed E-state index contributed by atoms with van der Waals surface area (Å²) < 4.78 is 2.34. The van der Waals surface area contributed by atoms with E-state index in [0.29, 0.717) is 0 Å². The molecule has 0 bridgehead atoms. The highest BCUT2D eigenvalue weighted by Crippen LogP contribution is 2.22. The first-order valence-corrected chi connectivity index (χ1v) is 6.41. The summed E-state index contributed by atoms with van der Waals surface area (Å²) in [5.74, 6) is 0. The lowest BCUT2D eigenvalue weighted by molar-refractivity contribution is 0.416. The molecule has 1 rings (SSSR count). The van der Waals surface area contributed by atoms with Gasteiger partial charge in [-0.05, 0) is 58.6 Å². The second-order valence-corrected chi connectivity index (χ2v) is 5.67. The average molecular weight is 232 g/mol. The summed E-state index contributed by atoms with van der Waals surface area (Å²) in [7, 11) is 0. The monoisotopic (exact) mass is 232 g/mol. The van der Waals surface area contributed by atoms with Gasteiger partial charge < -0.3 is 4.57 Å². The number of hydrogen-bond donors (Lipinski definition) is 0. The molecule has 1 aromatic rings. The van der Waals surface area contributed by atoms with E-state index >= 15 is 0 Å². The molecule has 2 heteroatoms. The molecular weight excluding hydrogens is 208 g/mol. The van der Waals surface area contributed by atoms with E-state index in [1.54, 1.807) is 0 Å². The molecular formula is C15H24N2. The van der Waals surface area contributed by atoms with Crippen molar-refractivity contribution in [2.24, 2.45) is 5.41 Å². The third kappa shape index (κ3) is 3.63. The highest BCUT2D eigenvalue weighted by molar-refractivity contribution is 5.28. The molecule has 0 saturated heterocycles. The van der Waals surface area contributed by atoms with Gasteiger partial charge in [-0.1, -0.05) is 6.42 Å². The van der Waals surface area contributed by atoms with Gasteiger partial charge in [0.25, 0.3) is 0 Å². The fourth-order valence-electron chi connectivity index (χ4n) is 2.07. The molecule has 0 aliphatic carbocycles. The zero-order valence-corrected chi connectivity index (χ0v) is 11.8. The quantitative estimate of drug-likeness (QED) is 0.702. The maximum Gasteiger partial charge on any atom is 0.0683 e. The molecule has 17 heavy (non-hydrogen) atoms. The summed E-state index contributed by atoms with van der Waals surface area (Å²) >= 11 is 0.